The second-order valence-corrected chi connectivity index (χ2v) is 6.83. The SMILES string of the molecule is CCNC(=NCc1ccc(OCC(F)(F)F)nc1)N1CCN(Cc2ccon2)CC1.I. The van der Waals surface area contributed by atoms with Crippen LogP contribution in [0.15, 0.2) is 40.2 Å². The van der Waals surface area contributed by atoms with Crippen LogP contribution in [0.4, 0.5) is 13.2 Å². The Kier molecular flexibility index (Phi) is 9.81. The molecular weight excluding hydrogens is 528 g/mol. The van der Waals surface area contributed by atoms with Gasteiger partial charge >= 0.3 is 6.18 Å². The lowest BCUT2D eigenvalue weighted by molar-refractivity contribution is -0.154. The van der Waals surface area contributed by atoms with Crippen molar-refractivity contribution < 1.29 is 22.4 Å². The number of alkyl halides is 3. The molecule has 1 aliphatic rings. The lowest BCUT2D eigenvalue weighted by Gasteiger charge is -2.36. The zero-order valence-electron chi connectivity index (χ0n) is 17.1. The number of aliphatic imine (C=N–C) groups is 1. The van der Waals surface area contributed by atoms with Crippen molar-refractivity contribution in [3.8, 4) is 5.88 Å². The Morgan fingerprint density at radius 2 is 2.00 bits per heavy atom. The van der Waals surface area contributed by atoms with Crippen LogP contribution in [-0.2, 0) is 13.1 Å². The number of nitrogens with one attached hydrogen (secondary N) is 1. The van der Waals surface area contributed by atoms with Crippen molar-refractivity contribution in [2.75, 3.05) is 39.3 Å². The monoisotopic (exact) mass is 554 g/mol. The number of pyridine rings is 1. The fourth-order valence-corrected chi connectivity index (χ4v) is 3.00. The topological polar surface area (TPSA) is 79.0 Å². The van der Waals surface area contributed by atoms with Crippen molar-refractivity contribution >= 4 is 29.9 Å². The first-order valence-corrected chi connectivity index (χ1v) is 9.72. The number of hydrogen-bond donors (Lipinski definition) is 1. The van der Waals surface area contributed by atoms with Gasteiger partial charge in [0.1, 0.15) is 6.26 Å². The van der Waals surface area contributed by atoms with Crippen molar-refractivity contribution in [2.45, 2.75) is 26.2 Å². The summed E-state index contributed by atoms with van der Waals surface area (Å²) in [5.74, 6) is 0.742. The number of hydrogen-bond acceptors (Lipinski definition) is 6. The van der Waals surface area contributed by atoms with E-state index in [1.807, 2.05) is 13.0 Å². The third-order valence-corrected chi connectivity index (χ3v) is 4.48. The number of rotatable bonds is 7. The van der Waals surface area contributed by atoms with Crippen LogP contribution >= 0.6 is 24.0 Å². The van der Waals surface area contributed by atoms with Gasteiger partial charge in [0.05, 0.1) is 12.2 Å². The van der Waals surface area contributed by atoms with Gasteiger partial charge in [-0.15, -0.1) is 24.0 Å². The third kappa shape index (κ3) is 8.51. The van der Waals surface area contributed by atoms with Crippen LogP contribution in [0.25, 0.3) is 0 Å². The summed E-state index contributed by atoms with van der Waals surface area (Å²) in [5, 5.41) is 7.24. The number of guanidine groups is 1. The Hall–Kier alpha value is -2.09. The predicted molar refractivity (Wildman–Crippen MR) is 119 cm³/mol. The summed E-state index contributed by atoms with van der Waals surface area (Å²) in [6.45, 7) is 5.92. The van der Waals surface area contributed by atoms with E-state index < -0.39 is 12.8 Å². The van der Waals surface area contributed by atoms with Crippen molar-refractivity contribution in [2.24, 2.45) is 4.99 Å². The lowest BCUT2D eigenvalue weighted by Crippen LogP contribution is -2.52. The fraction of sp³-hybridized carbons (Fsp3) is 0.526. The molecule has 0 atom stereocenters. The van der Waals surface area contributed by atoms with E-state index in [9.17, 15) is 13.2 Å². The van der Waals surface area contributed by atoms with Gasteiger partial charge in [-0.3, -0.25) is 4.90 Å². The fourth-order valence-electron chi connectivity index (χ4n) is 3.00. The number of piperazine rings is 1. The van der Waals surface area contributed by atoms with Crippen molar-refractivity contribution in [1.82, 2.24) is 25.3 Å². The summed E-state index contributed by atoms with van der Waals surface area (Å²) in [6, 6.07) is 4.96. The highest BCUT2D eigenvalue weighted by Crippen LogP contribution is 2.17. The summed E-state index contributed by atoms with van der Waals surface area (Å²) < 4.78 is 46.1. The van der Waals surface area contributed by atoms with E-state index in [0.29, 0.717) is 6.54 Å². The smallest absolute Gasteiger partial charge is 0.422 e. The van der Waals surface area contributed by atoms with E-state index in [1.54, 1.807) is 12.3 Å². The minimum atomic E-state index is -4.38. The molecule has 1 N–H and O–H groups in total. The highest BCUT2D eigenvalue weighted by Gasteiger charge is 2.28. The minimum absolute atomic E-state index is 0. The van der Waals surface area contributed by atoms with Gasteiger partial charge < -0.3 is 19.5 Å². The Bertz CT molecular complexity index is 794. The molecule has 2 aromatic rings. The van der Waals surface area contributed by atoms with E-state index in [2.05, 4.69) is 35.0 Å². The largest absolute Gasteiger partial charge is 0.468 e. The first-order valence-electron chi connectivity index (χ1n) is 9.72. The summed E-state index contributed by atoms with van der Waals surface area (Å²) in [4.78, 5) is 13.1. The van der Waals surface area contributed by atoms with Crippen LogP contribution in [-0.4, -0.2) is 71.4 Å². The Morgan fingerprint density at radius 1 is 1.23 bits per heavy atom. The summed E-state index contributed by atoms with van der Waals surface area (Å²) in [6.07, 6.45) is -1.33. The molecule has 0 radical (unpaired) electrons. The number of ether oxygens (including phenoxy) is 1. The van der Waals surface area contributed by atoms with Crippen LogP contribution in [0.5, 0.6) is 5.88 Å². The zero-order valence-corrected chi connectivity index (χ0v) is 19.5. The van der Waals surface area contributed by atoms with Crippen LogP contribution in [0.1, 0.15) is 18.2 Å². The molecule has 0 aliphatic carbocycles. The molecule has 1 saturated heterocycles. The van der Waals surface area contributed by atoms with E-state index in [1.165, 1.54) is 12.3 Å². The molecule has 3 heterocycles. The van der Waals surface area contributed by atoms with E-state index in [-0.39, 0.29) is 29.9 Å². The molecule has 12 heteroatoms. The van der Waals surface area contributed by atoms with Gasteiger partial charge in [0.2, 0.25) is 5.88 Å². The standard InChI is InChI=1S/C19H25F3N6O2.HI/c1-2-23-18(28-8-6-27(7-9-28)13-16-5-10-30-26-16)25-12-15-3-4-17(24-11-15)29-14-19(20,21)22;/h3-5,10-11H,2,6-9,12-14H2,1H3,(H,23,25);1H. The molecule has 0 amide bonds. The van der Waals surface area contributed by atoms with Gasteiger partial charge in [-0.1, -0.05) is 11.2 Å². The average molecular weight is 554 g/mol. The van der Waals surface area contributed by atoms with Crippen LogP contribution in [0.3, 0.4) is 0 Å². The number of halogens is 4. The minimum Gasteiger partial charge on any atom is -0.468 e. The first-order chi connectivity index (χ1) is 14.4. The molecule has 8 nitrogen and oxygen atoms in total. The molecule has 1 aliphatic heterocycles. The Balaban J connectivity index is 0.00000341. The molecule has 31 heavy (non-hydrogen) atoms. The second kappa shape index (κ2) is 12.1. The van der Waals surface area contributed by atoms with Gasteiger partial charge in [-0.2, -0.15) is 13.2 Å². The van der Waals surface area contributed by atoms with Gasteiger partial charge in [0.15, 0.2) is 12.6 Å². The van der Waals surface area contributed by atoms with Crippen molar-refractivity contribution in [3.05, 3.63) is 41.9 Å². The summed E-state index contributed by atoms with van der Waals surface area (Å²) >= 11 is 0. The highest BCUT2D eigenvalue weighted by atomic mass is 127. The molecule has 0 saturated carbocycles. The lowest BCUT2D eigenvalue weighted by atomic mass is 10.3. The second-order valence-electron chi connectivity index (χ2n) is 6.83. The molecule has 0 aromatic carbocycles. The highest BCUT2D eigenvalue weighted by molar-refractivity contribution is 14.0. The van der Waals surface area contributed by atoms with Gasteiger partial charge in [-0.25, -0.2) is 9.98 Å². The van der Waals surface area contributed by atoms with Gasteiger partial charge in [-0.05, 0) is 12.5 Å². The maximum absolute atomic E-state index is 12.2. The van der Waals surface area contributed by atoms with Crippen molar-refractivity contribution in [3.63, 3.8) is 0 Å². The first kappa shape index (κ1) is 25.2. The van der Waals surface area contributed by atoms with E-state index in [4.69, 9.17) is 4.52 Å². The molecular formula is C19H26F3IN6O2. The molecule has 1 fully saturated rings. The van der Waals surface area contributed by atoms with Gasteiger partial charge in [0, 0.05) is 57.6 Å². The normalized spacial score (nSPS) is 15.5. The molecule has 0 spiro atoms. The van der Waals surface area contributed by atoms with Crippen LogP contribution in [0.2, 0.25) is 0 Å². The quantitative estimate of drug-likeness (QED) is 0.321. The van der Waals surface area contributed by atoms with E-state index in [0.717, 1.165) is 56.5 Å². The molecule has 3 rings (SSSR count). The predicted octanol–water partition coefficient (Wildman–Crippen LogP) is 2.91. The maximum Gasteiger partial charge on any atom is 0.422 e. The zero-order chi connectivity index (χ0) is 21.4. The van der Waals surface area contributed by atoms with E-state index >= 15 is 0 Å². The maximum atomic E-state index is 12.2. The summed E-state index contributed by atoms with van der Waals surface area (Å²) in [7, 11) is 0. The van der Waals surface area contributed by atoms with Crippen LogP contribution < -0.4 is 10.1 Å². The third-order valence-electron chi connectivity index (χ3n) is 4.48. The van der Waals surface area contributed by atoms with Gasteiger partial charge in [0.25, 0.3) is 0 Å². The van der Waals surface area contributed by atoms with Crippen molar-refractivity contribution in [1.29, 1.82) is 0 Å². The molecule has 0 bridgehead atoms. The molecule has 2 aromatic heterocycles. The molecule has 172 valence electrons. The summed E-state index contributed by atoms with van der Waals surface area (Å²) in [5.41, 5.74) is 1.70. The molecule has 0 unspecified atom stereocenters. The number of aromatic nitrogens is 2. The number of nitrogens with zero attached hydrogens (tertiary/aromatic N) is 5. The average Bonchev–Trinajstić information content (AvgIpc) is 3.23. The Labute approximate surface area is 195 Å². The Morgan fingerprint density at radius 3 is 2.58 bits per heavy atom. The van der Waals surface area contributed by atoms with Crippen LogP contribution in [0, 0.1) is 0 Å².